The molecule has 1 heterocycles. The Morgan fingerprint density at radius 3 is 2.61 bits per heavy atom. The zero-order valence-corrected chi connectivity index (χ0v) is 10.4. The fraction of sp³-hybridized carbons (Fsp3) is 0.231. The highest BCUT2D eigenvalue weighted by Crippen LogP contribution is 2.19. The van der Waals surface area contributed by atoms with Crippen molar-refractivity contribution >= 4 is 11.6 Å². The normalized spacial score (nSPS) is 10.8. The van der Waals surface area contributed by atoms with E-state index < -0.39 is 5.91 Å². The van der Waals surface area contributed by atoms with Gasteiger partial charge in [-0.05, 0) is 30.2 Å². The summed E-state index contributed by atoms with van der Waals surface area (Å²) in [6, 6.07) is 6.95. The van der Waals surface area contributed by atoms with Crippen molar-refractivity contribution < 1.29 is 4.79 Å². The molecular formula is C13H16N4O. The number of hydrogen-bond acceptors (Lipinski definition) is 3. The molecule has 4 N–H and O–H groups in total. The number of amides is 1. The van der Waals surface area contributed by atoms with E-state index in [4.69, 9.17) is 11.5 Å². The number of hydrogen-bond donors (Lipinski definition) is 2. The molecule has 5 heteroatoms. The van der Waals surface area contributed by atoms with Crippen LogP contribution in [0.25, 0.3) is 5.69 Å². The molecule has 18 heavy (non-hydrogen) atoms. The van der Waals surface area contributed by atoms with Gasteiger partial charge in [-0.25, -0.2) is 4.68 Å². The summed E-state index contributed by atoms with van der Waals surface area (Å²) < 4.78 is 1.65. The second kappa shape index (κ2) is 4.52. The minimum absolute atomic E-state index is 0.331. The largest absolute Gasteiger partial charge is 0.399 e. The van der Waals surface area contributed by atoms with E-state index in [9.17, 15) is 4.79 Å². The Morgan fingerprint density at radius 1 is 1.33 bits per heavy atom. The van der Waals surface area contributed by atoms with E-state index in [0.29, 0.717) is 22.9 Å². The van der Waals surface area contributed by atoms with E-state index in [1.165, 1.54) is 0 Å². The number of primary amides is 1. The topological polar surface area (TPSA) is 86.9 Å². The molecule has 1 aromatic heterocycles. The van der Waals surface area contributed by atoms with E-state index in [0.717, 1.165) is 5.69 Å². The summed E-state index contributed by atoms with van der Waals surface area (Å²) in [4.78, 5) is 11.4. The van der Waals surface area contributed by atoms with Crippen LogP contribution in [0.5, 0.6) is 0 Å². The van der Waals surface area contributed by atoms with Crippen molar-refractivity contribution in [1.29, 1.82) is 0 Å². The van der Waals surface area contributed by atoms with Crippen LogP contribution in [-0.2, 0) is 0 Å². The van der Waals surface area contributed by atoms with Crippen molar-refractivity contribution in [3.63, 3.8) is 0 Å². The Kier molecular flexibility index (Phi) is 3.06. The summed E-state index contributed by atoms with van der Waals surface area (Å²) in [6.45, 7) is 4.12. The average Bonchev–Trinajstić information content (AvgIpc) is 2.78. The molecule has 0 saturated carbocycles. The fourth-order valence-corrected chi connectivity index (χ4v) is 1.73. The maximum absolute atomic E-state index is 11.4. The van der Waals surface area contributed by atoms with Gasteiger partial charge in [-0.3, -0.25) is 4.79 Å². The highest BCUT2D eigenvalue weighted by molar-refractivity contribution is 5.97. The standard InChI is InChI=1S/C13H16N4O/c1-8(2)11-5-6-17(16-11)12-4-3-9(14)7-10(12)13(15)18/h3-8H,14H2,1-2H3,(H2,15,18). The van der Waals surface area contributed by atoms with Crippen LogP contribution in [0, 0.1) is 0 Å². The van der Waals surface area contributed by atoms with Crippen molar-refractivity contribution in [2.24, 2.45) is 5.73 Å². The van der Waals surface area contributed by atoms with Gasteiger partial charge in [0.05, 0.1) is 16.9 Å². The first kappa shape index (κ1) is 12.2. The summed E-state index contributed by atoms with van der Waals surface area (Å²) >= 11 is 0. The molecule has 1 amide bonds. The molecule has 0 atom stereocenters. The monoisotopic (exact) mass is 244 g/mol. The Balaban J connectivity index is 2.52. The Morgan fingerprint density at radius 2 is 2.06 bits per heavy atom. The fourth-order valence-electron chi connectivity index (χ4n) is 1.73. The van der Waals surface area contributed by atoms with Gasteiger partial charge in [-0.1, -0.05) is 13.8 Å². The van der Waals surface area contributed by atoms with Gasteiger partial charge in [0.1, 0.15) is 0 Å². The number of aromatic nitrogens is 2. The number of nitrogens with zero attached hydrogens (tertiary/aromatic N) is 2. The second-order valence-electron chi connectivity index (χ2n) is 4.48. The third-order valence-corrected chi connectivity index (χ3v) is 2.73. The van der Waals surface area contributed by atoms with E-state index in [1.54, 1.807) is 22.9 Å². The maximum Gasteiger partial charge on any atom is 0.250 e. The van der Waals surface area contributed by atoms with Crippen molar-refractivity contribution in [3.8, 4) is 5.69 Å². The zero-order chi connectivity index (χ0) is 13.3. The Hall–Kier alpha value is -2.30. The van der Waals surface area contributed by atoms with Gasteiger partial charge in [-0.15, -0.1) is 0 Å². The molecule has 0 fully saturated rings. The highest BCUT2D eigenvalue weighted by Gasteiger charge is 2.12. The SMILES string of the molecule is CC(C)c1ccn(-c2ccc(N)cc2C(N)=O)n1. The van der Waals surface area contributed by atoms with Gasteiger partial charge in [0.2, 0.25) is 0 Å². The van der Waals surface area contributed by atoms with Crippen LogP contribution in [-0.4, -0.2) is 15.7 Å². The molecule has 2 aromatic rings. The molecule has 0 unspecified atom stereocenters. The third kappa shape index (κ3) is 2.20. The molecule has 5 nitrogen and oxygen atoms in total. The second-order valence-corrected chi connectivity index (χ2v) is 4.48. The first-order valence-electron chi connectivity index (χ1n) is 5.74. The Labute approximate surface area is 105 Å². The van der Waals surface area contributed by atoms with Gasteiger partial charge in [-0.2, -0.15) is 5.10 Å². The van der Waals surface area contributed by atoms with Crippen LogP contribution in [0.3, 0.4) is 0 Å². The van der Waals surface area contributed by atoms with Crippen molar-refractivity contribution in [2.75, 3.05) is 5.73 Å². The molecule has 0 bridgehead atoms. The van der Waals surface area contributed by atoms with E-state index in [2.05, 4.69) is 18.9 Å². The number of rotatable bonds is 3. The van der Waals surface area contributed by atoms with Gasteiger partial charge in [0, 0.05) is 11.9 Å². The molecular weight excluding hydrogens is 228 g/mol. The molecule has 0 aliphatic rings. The molecule has 0 aliphatic heterocycles. The highest BCUT2D eigenvalue weighted by atomic mass is 16.1. The maximum atomic E-state index is 11.4. The molecule has 0 aliphatic carbocycles. The van der Waals surface area contributed by atoms with Crippen LogP contribution >= 0.6 is 0 Å². The first-order valence-corrected chi connectivity index (χ1v) is 5.74. The molecule has 0 saturated heterocycles. The van der Waals surface area contributed by atoms with Crippen LogP contribution in [0.15, 0.2) is 30.5 Å². The van der Waals surface area contributed by atoms with Crippen LogP contribution < -0.4 is 11.5 Å². The van der Waals surface area contributed by atoms with Crippen molar-refractivity contribution in [2.45, 2.75) is 19.8 Å². The minimum atomic E-state index is -0.515. The zero-order valence-electron chi connectivity index (χ0n) is 10.4. The average molecular weight is 244 g/mol. The number of nitrogens with two attached hydrogens (primary N) is 2. The lowest BCUT2D eigenvalue weighted by molar-refractivity contribution is 0.1000. The number of nitrogen functional groups attached to an aromatic ring is 1. The molecule has 1 aromatic carbocycles. The Bertz CT molecular complexity index is 586. The summed E-state index contributed by atoms with van der Waals surface area (Å²) in [7, 11) is 0. The van der Waals surface area contributed by atoms with Gasteiger partial charge in [0.15, 0.2) is 0 Å². The lowest BCUT2D eigenvalue weighted by Gasteiger charge is -2.08. The van der Waals surface area contributed by atoms with Gasteiger partial charge in [0.25, 0.3) is 5.91 Å². The van der Waals surface area contributed by atoms with E-state index in [-0.39, 0.29) is 0 Å². The van der Waals surface area contributed by atoms with E-state index >= 15 is 0 Å². The summed E-state index contributed by atoms with van der Waals surface area (Å²) in [5.41, 5.74) is 13.5. The summed E-state index contributed by atoms with van der Waals surface area (Å²) in [5.74, 6) is -0.184. The number of carbonyl (C=O) groups is 1. The third-order valence-electron chi connectivity index (χ3n) is 2.73. The number of carbonyl (C=O) groups excluding carboxylic acids is 1. The van der Waals surface area contributed by atoms with Crippen molar-refractivity contribution in [3.05, 3.63) is 41.7 Å². The molecule has 0 radical (unpaired) electrons. The smallest absolute Gasteiger partial charge is 0.250 e. The first-order chi connectivity index (χ1) is 8.49. The van der Waals surface area contributed by atoms with Crippen LogP contribution in [0.1, 0.15) is 35.8 Å². The lowest BCUT2D eigenvalue weighted by atomic mass is 10.1. The molecule has 94 valence electrons. The predicted molar refractivity (Wildman–Crippen MR) is 70.6 cm³/mol. The van der Waals surface area contributed by atoms with E-state index in [1.807, 2.05) is 12.3 Å². The van der Waals surface area contributed by atoms with Crippen LogP contribution in [0.4, 0.5) is 5.69 Å². The quantitative estimate of drug-likeness (QED) is 0.805. The van der Waals surface area contributed by atoms with Crippen molar-refractivity contribution in [1.82, 2.24) is 9.78 Å². The number of benzene rings is 1. The van der Waals surface area contributed by atoms with Gasteiger partial charge >= 0.3 is 0 Å². The predicted octanol–water partition coefficient (Wildman–Crippen LogP) is 1.68. The van der Waals surface area contributed by atoms with Gasteiger partial charge < -0.3 is 11.5 Å². The summed E-state index contributed by atoms with van der Waals surface area (Å²) in [5, 5.41) is 4.42. The molecule has 0 spiro atoms. The van der Waals surface area contributed by atoms with Crippen LogP contribution in [0.2, 0.25) is 0 Å². The lowest BCUT2D eigenvalue weighted by Crippen LogP contribution is -2.15. The minimum Gasteiger partial charge on any atom is -0.399 e. The summed E-state index contributed by atoms with van der Waals surface area (Å²) in [6.07, 6.45) is 1.81. The molecule has 2 rings (SSSR count). The number of anilines is 1.